The molecule has 3 rings (SSSR count). The summed E-state index contributed by atoms with van der Waals surface area (Å²) >= 11 is 1.40. The van der Waals surface area contributed by atoms with Gasteiger partial charge in [0, 0.05) is 11.1 Å². The summed E-state index contributed by atoms with van der Waals surface area (Å²) in [6.07, 6.45) is 1.50. The molecule has 8 heteroatoms. The lowest BCUT2D eigenvalue weighted by molar-refractivity contribution is -0.115. The maximum Gasteiger partial charge on any atom is 0.263 e. The van der Waals surface area contributed by atoms with E-state index >= 15 is 0 Å². The first-order chi connectivity index (χ1) is 10.5. The van der Waals surface area contributed by atoms with Crippen molar-refractivity contribution >= 4 is 39.2 Å². The molecule has 2 aromatic rings. The van der Waals surface area contributed by atoms with Gasteiger partial charge in [0.05, 0.1) is 15.8 Å². The summed E-state index contributed by atoms with van der Waals surface area (Å²) < 4.78 is 27.1. The first-order valence-corrected chi connectivity index (χ1v) is 8.87. The average Bonchev–Trinajstić information content (AvgIpc) is 2.48. The molecule has 2 N–H and O–H groups in total. The number of benzene rings is 1. The molecule has 1 aromatic heterocycles. The van der Waals surface area contributed by atoms with E-state index < -0.39 is 10.0 Å². The lowest BCUT2D eigenvalue weighted by Gasteiger charge is -2.21. The maximum absolute atomic E-state index is 12.4. The predicted octanol–water partition coefficient (Wildman–Crippen LogP) is 2.32. The van der Waals surface area contributed by atoms with Crippen LogP contribution in [0.4, 0.5) is 11.5 Å². The molecule has 1 atom stereocenters. The highest BCUT2D eigenvalue weighted by molar-refractivity contribution is 8.01. The van der Waals surface area contributed by atoms with Gasteiger partial charge in [0.2, 0.25) is 5.91 Å². The Kier molecular flexibility index (Phi) is 3.79. The third kappa shape index (κ3) is 2.93. The van der Waals surface area contributed by atoms with Gasteiger partial charge < -0.3 is 5.32 Å². The highest BCUT2D eigenvalue weighted by Crippen LogP contribution is 2.36. The number of nitrogens with one attached hydrogen (secondary N) is 2. The van der Waals surface area contributed by atoms with E-state index in [0.717, 1.165) is 4.90 Å². The zero-order chi connectivity index (χ0) is 15.7. The highest BCUT2D eigenvalue weighted by atomic mass is 32.2. The summed E-state index contributed by atoms with van der Waals surface area (Å²) in [5, 5.41) is 2.53. The molecule has 0 radical (unpaired) electrons. The molecule has 0 aliphatic carbocycles. The van der Waals surface area contributed by atoms with Crippen molar-refractivity contribution in [2.75, 3.05) is 10.0 Å². The Bertz CT molecular complexity index is 822. The van der Waals surface area contributed by atoms with Gasteiger partial charge in [0.15, 0.2) is 0 Å². The SMILES string of the molecule is CC1Sc2ccc(S(=O)(=O)Nc3ccccn3)cc2NC1=O. The Hall–Kier alpha value is -2.06. The summed E-state index contributed by atoms with van der Waals surface area (Å²) in [6, 6.07) is 9.62. The van der Waals surface area contributed by atoms with Gasteiger partial charge in [-0.2, -0.15) is 0 Å². The minimum atomic E-state index is -3.75. The fourth-order valence-corrected chi connectivity index (χ4v) is 3.94. The van der Waals surface area contributed by atoms with Crippen LogP contribution in [0.2, 0.25) is 0 Å². The molecule has 1 aliphatic rings. The van der Waals surface area contributed by atoms with Crippen LogP contribution in [0.3, 0.4) is 0 Å². The highest BCUT2D eigenvalue weighted by Gasteiger charge is 2.25. The minimum absolute atomic E-state index is 0.0763. The van der Waals surface area contributed by atoms with E-state index in [4.69, 9.17) is 0 Å². The zero-order valence-electron chi connectivity index (χ0n) is 11.6. The second-order valence-corrected chi connectivity index (χ2v) is 7.79. The number of nitrogens with zero attached hydrogens (tertiary/aromatic N) is 1. The molecule has 2 heterocycles. The Morgan fingerprint density at radius 2 is 2.09 bits per heavy atom. The summed E-state index contributed by atoms with van der Waals surface area (Å²) in [7, 11) is -3.75. The van der Waals surface area contributed by atoms with Crippen LogP contribution < -0.4 is 10.0 Å². The predicted molar refractivity (Wildman–Crippen MR) is 85.4 cm³/mol. The van der Waals surface area contributed by atoms with E-state index in [1.54, 1.807) is 31.2 Å². The van der Waals surface area contributed by atoms with E-state index in [-0.39, 0.29) is 21.9 Å². The number of carbonyl (C=O) groups excluding carboxylic acids is 1. The first-order valence-electron chi connectivity index (χ1n) is 6.51. The molecule has 1 unspecified atom stereocenters. The van der Waals surface area contributed by atoms with E-state index in [0.29, 0.717) is 5.69 Å². The molecule has 6 nitrogen and oxygen atoms in total. The monoisotopic (exact) mass is 335 g/mol. The van der Waals surface area contributed by atoms with Crippen molar-refractivity contribution in [3.8, 4) is 0 Å². The van der Waals surface area contributed by atoms with Crippen LogP contribution in [-0.2, 0) is 14.8 Å². The smallest absolute Gasteiger partial charge is 0.263 e. The van der Waals surface area contributed by atoms with Crippen molar-refractivity contribution in [2.24, 2.45) is 0 Å². The summed E-state index contributed by atoms with van der Waals surface area (Å²) in [5.74, 6) is 0.108. The molecule has 0 saturated heterocycles. The number of anilines is 2. The number of thioether (sulfide) groups is 1. The largest absolute Gasteiger partial charge is 0.324 e. The molecule has 1 aliphatic heterocycles. The maximum atomic E-state index is 12.4. The summed E-state index contributed by atoms with van der Waals surface area (Å²) in [4.78, 5) is 16.6. The van der Waals surface area contributed by atoms with E-state index in [2.05, 4.69) is 15.0 Å². The van der Waals surface area contributed by atoms with Crippen molar-refractivity contribution in [1.82, 2.24) is 4.98 Å². The Balaban J connectivity index is 1.92. The minimum Gasteiger partial charge on any atom is -0.324 e. The third-order valence-electron chi connectivity index (χ3n) is 3.10. The van der Waals surface area contributed by atoms with Gasteiger partial charge in [-0.1, -0.05) is 6.07 Å². The molecule has 22 heavy (non-hydrogen) atoms. The van der Waals surface area contributed by atoms with Gasteiger partial charge in [0.25, 0.3) is 10.0 Å². The fraction of sp³-hybridized carbons (Fsp3) is 0.143. The van der Waals surface area contributed by atoms with Crippen LogP contribution >= 0.6 is 11.8 Å². The number of hydrogen-bond acceptors (Lipinski definition) is 5. The average molecular weight is 335 g/mol. The van der Waals surface area contributed by atoms with Gasteiger partial charge in [-0.15, -0.1) is 11.8 Å². The number of aromatic nitrogens is 1. The molecule has 0 saturated carbocycles. The van der Waals surface area contributed by atoms with E-state index in [1.807, 2.05) is 0 Å². The second kappa shape index (κ2) is 5.62. The van der Waals surface area contributed by atoms with Crippen molar-refractivity contribution in [1.29, 1.82) is 0 Å². The molecule has 1 amide bonds. The molecule has 114 valence electrons. The Morgan fingerprint density at radius 3 is 2.82 bits per heavy atom. The molecule has 0 bridgehead atoms. The lowest BCUT2D eigenvalue weighted by atomic mass is 10.3. The van der Waals surface area contributed by atoms with Gasteiger partial charge in [-0.3, -0.25) is 9.52 Å². The van der Waals surface area contributed by atoms with Crippen molar-refractivity contribution in [3.63, 3.8) is 0 Å². The number of amides is 1. The molecular formula is C14H13N3O3S2. The summed E-state index contributed by atoms with van der Waals surface area (Å²) in [5.41, 5.74) is 0.511. The van der Waals surface area contributed by atoms with Crippen LogP contribution in [0, 0.1) is 0 Å². The molecule has 0 spiro atoms. The number of fused-ring (bicyclic) bond motifs is 1. The topological polar surface area (TPSA) is 88.2 Å². The van der Waals surface area contributed by atoms with Crippen molar-refractivity contribution in [3.05, 3.63) is 42.6 Å². The number of carbonyl (C=O) groups is 1. The Morgan fingerprint density at radius 1 is 1.27 bits per heavy atom. The Labute approximate surface area is 132 Å². The third-order valence-corrected chi connectivity index (χ3v) is 5.63. The quantitative estimate of drug-likeness (QED) is 0.899. The van der Waals surface area contributed by atoms with E-state index in [9.17, 15) is 13.2 Å². The van der Waals surface area contributed by atoms with Crippen LogP contribution in [0.5, 0.6) is 0 Å². The van der Waals surface area contributed by atoms with Crippen LogP contribution in [0.1, 0.15) is 6.92 Å². The standard InChI is InChI=1S/C14H13N3O3S2/c1-9-14(18)16-11-8-10(5-6-12(11)21-9)22(19,20)17-13-4-2-3-7-15-13/h2-9H,1H3,(H,15,17)(H,16,18). The van der Waals surface area contributed by atoms with Crippen molar-refractivity contribution in [2.45, 2.75) is 22.0 Å². The molecule has 1 aromatic carbocycles. The lowest BCUT2D eigenvalue weighted by Crippen LogP contribution is -2.26. The molecule has 0 fully saturated rings. The number of rotatable bonds is 3. The van der Waals surface area contributed by atoms with Crippen LogP contribution in [0.25, 0.3) is 0 Å². The summed E-state index contributed by atoms with van der Waals surface area (Å²) in [6.45, 7) is 1.80. The van der Waals surface area contributed by atoms with Crippen LogP contribution in [0.15, 0.2) is 52.4 Å². The first kappa shape index (κ1) is 14.9. The number of sulfonamides is 1. The van der Waals surface area contributed by atoms with Crippen molar-refractivity contribution < 1.29 is 13.2 Å². The fourth-order valence-electron chi connectivity index (χ4n) is 1.97. The second-order valence-electron chi connectivity index (χ2n) is 4.73. The number of pyridine rings is 1. The van der Waals surface area contributed by atoms with Gasteiger partial charge in [0.1, 0.15) is 5.82 Å². The van der Waals surface area contributed by atoms with Gasteiger partial charge in [-0.25, -0.2) is 13.4 Å². The van der Waals surface area contributed by atoms with Gasteiger partial charge >= 0.3 is 0 Å². The number of hydrogen-bond donors (Lipinski definition) is 2. The van der Waals surface area contributed by atoms with Gasteiger partial charge in [-0.05, 0) is 37.3 Å². The van der Waals surface area contributed by atoms with E-state index in [1.165, 1.54) is 30.1 Å². The van der Waals surface area contributed by atoms with Crippen LogP contribution in [-0.4, -0.2) is 24.6 Å². The zero-order valence-corrected chi connectivity index (χ0v) is 13.2. The molecular weight excluding hydrogens is 322 g/mol. The normalized spacial score (nSPS) is 17.5.